The van der Waals surface area contributed by atoms with Crippen LogP contribution in [0.5, 0.6) is 0 Å². The first kappa shape index (κ1) is 19.9. The Morgan fingerprint density at radius 1 is 1.14 bits per heavy atom. The first-order chi connectivity index (χ1) is 13.5. The molecule has 4 nitrogen and oxygen atoms in total. The fourth-order valence-electron chi connectivity index (χ4n) is 6.04. The van der Waals surface area contributed by atoms with E-state index in [2.05, 4.69) is 54.0 Å². The molecule has 1 aromatic carbocycles. The van der Waals surface area contributed by atoms with Crippen molar-refractivity contribution < 1.29 is 4.79 Å². The highest BCUT2D eigenvalue weighted by atomic mass is 16.2. The van der Waals surface area contributed by atoms with Gasteiger partial charge in [0.25, 0.3) is 0 Å². The van der Waals surface area contributed by atoms with Crippen LogP contribution in [0, 0.1) is 17.8 Å². The van der Waals surface area contributed by atoms with E-state index in [1.807, 2.05) is 0 Å². The maximum Gasteiger partial charge on any atom is 0.239 e. The van der Waals surface area contributed by atoms with Crippen molar-refractivity contribution in [3.8, 4) is 0 Å². The van der Waals surface area contributed by atoms with Crippen LogP contribution in [0.15, 0.2) is 30.3 Å². The third-order valence-corrected chi connectivity index (χ3v) is 7.18. The summed E-state index contributed by atoms with van der Waals surface area (Å²) in [6, 6.07) is 11.9. The Balaban J connectivity index is 1.43. The fraction of sp³-hybridized carbons (Fsp3) is 0.708. The lowest BCUT2D eigenvalue weighted by atomic mass is 9.74. The Bertz CT molecular complexity index is 661. The number of carbonyl (C=O) groups is 1. The fourth-order valence-corrected chi connectivity index (χ4v) is 6.04. The molecule has 3 saturated heterocycles. The van der Waals surface area contributed by atoms with E-state index in [-0.39, 0.29) is 11.9 Å². The lowest BCUT2D eigenvalue weighted by Crippen LogP contribution is -2.63. The van der Waals surface area contributed by atoms with Gasteiger partial charge in [-0.25, -0.2) is 0 Å². The Morgan fingerprint density at radius 3 is 2.68 bits per heavy atom. The van der Waals surface area contributed by atoms with Crippen molar-refractivity contribution in [1.82, 2.24) is 9.80 Å². The topological polar surface area (TPSA) is 49.6 Å². The van der Waals surface area contributed by atoms with Gasteiger partial charge < -0.3 is 10.6 Å². The SMILES string of the molecule is CC(C)C[C@H](N)C(=O)N1C[C@@H]2C[C@H](C1)[C@@H]1CCC[C@H](Cc3ccccc3)N1C2. The highest BCUT2D eigenvalue weighted by molar-refractivity contribution is 5.81. The van der Waals surface area contributed by atoms with Gasteiger partial charge in [-0.3, -0.25) is 9.69 Å². The quantitative estimate of drug-likeness (QED) is 0.849. The van der Waals surface area contributed by atoms with E-state index in [9.17, 15) is 4.79 Å². The lowest BCUT2D eigenvalue weighted by Gasteiger charge is -2.55. The van der Waals surface area contributed by atoms with E-state index in [1.165, 1.54) is 37.7 Å². The van der Waals surface area contributed by atoms with E-state index in [1.54, 1.807) is 0 Å². The van der Waals surface area contributed by atoms with Gasteiger partial charge in [-0.1, -0.05) is 50.6 Å². The molecule has 1 amide bonds. The molecule has 0 aliphatic carbocycles. The maximum atomic E-state index is 12.9. The molecule has 0 spiro atoms. The molecule has 2 N–H and O–H groups in total. The number of piperidine rings is 3. The molecule has 4 heteroatoms. The van der Waals surface area contributed by atoms with Crippen molar-refractivity contribution in [2.45, 2.75) is 70.5 Å². The number of likely N-dealkylation sites (tertiary alicyclic amines) is 1. The number of hydrogen-bond acceptors (Lipinski definition) is 3. The minimum atomic E-state index is -0.327. The molecule has 3 aliphatic heterocycles. The zero-order chi connectivity index (χ0) is 19.7. The molecule has 3 aliphatic rings. The van der Waals surface area contributed by atoms with E-state index in [0.29, 0.717) is 29.8 Å². The summed E-state index contributed by atoms with van der Waals surface area (Å²) in [7, 11) is 0. The van der Waals surface area contributed by atoms with Crippen LogP contribution in [-0.4, -0.2) is 53.5 Å². The molecule has 3 fully saturated rings. The number of benzene rings is 1. The van der Waals surface area contributed by atoms with Crippen molar-refractivity contribution in [3.05, 3.63) is 35.9 Å². The van der Waals surface area contributed by atoms with Gasteiger partial charge >= 0.3 is 0 Å². The van der Waals surface area contributed by atoms with E-state index < -0.39 is 0 Å². The van der Waals surface area contributed by atoms with Gasteiger partial charge in [-0.05, 0) is 55.4 Å². The van der Waals surface area contributed by atoms with Crippen LogP contribution in [0.25, 0.3) is 0 Å². The standard InChI is InChI=1S/C24H37N3O/c1-17(2)11-22(25)24(28)26-14-19-12-20(16-26)23-10-6-9-21(27(23)15-19)13-18-7-4-3-5-8-18/h3-5,7-8,17,19-23H,6,9-16,25H2,1-2H3/t19-,20+,21+,22-,23-/m0/s1. The number of fused-ring (bicyclic) bond motifs is 4. The normalized spacial score (nSPS) is 31.5. The molecule has 1 aromatic rings. The van der Waals surface area contributed by atoms with Gasteiger partial charge in [0.1, 0.15) is 0 Å². The first-order valence-electron chi connectivity index (χ1n) is 11.3. The van der Waals surface area contributed by atoms with Gasteiger partial charge in [0, 0.05) is 31.7 Å². The molecule has 28 heavy (non-hydrogen) atoms. The second kappa shape index (κ2) is 8.54. The molecule has 154 valence electrons. The first-order valence-corrected chi connectivity index (χ1v) is 11.3. The van der Waals surface area contributed by atoms with Crippen LogP contribution < -0.4 is 5.73 Å². The van der Waals surface area contributed by atoms with Crippen LogP contribution in [0.4, 0.5) is 0 Å². The monoisotopic (exact) mass is 383 g/mol. The number of nitrogens with two attached hydrogens (primary N) is 1. The molecular formula is C24H37N3O. The van der Waals surface area contributed by atoms with Crippen molar-refractivity contribution in [2.24, 2.45) is 23.5 Å². The minimum Gasteiger partial charge on any atom is -0.341 e. The summed E-state index contributed by atoms with van der Waals surface area (Å²) in [6.07, 6.45) is 7.18. The molecule has 0 unspecified atom stereocenters. The predicted molar refractivity (Wildman–Crippen MR) is 114 cm³/mol. The van der Waals surface area contributed by atoms with Crippen LogP contribution in [0.1, 0.15) is 51.5 Å². The lowest BCUT2D eigenvalue weighted by molar-refractivity contribution is -0.140. The Morgan fingerprint density at radius 2 is 1.93 bits per heavy atom. The van der Waals surface area contributed by atoms with Crippen LogP contribution in [-0.2, 0) is 11.2 Å². The third kappa shape index (κ3) is 4.28. The van der Waals surface area contributed by atoms with Crippen molar-refractivity contribution in [1.29, 1.82) is 0 Å². The summed E-state index contributed by atoms with van der Waals surface area (Å²) in [5.41, 5.74) is 7.70. The van der Waals surface area contributed by atoms with Gasteiger partial charge in [-0.15, -0.1) is 0 Å². The zero-order valence-electron chi connectivity index (χ0n) is 17.6. The minimum absolute atomic E-state index is 0.188. The van der Waals surface area contributed by atoms with Crippen molar-refractivity contribution in [2.75, 3.05) is 19.6 Å². The number of rotatable bonds is 5. The summed E-state index contributed by atoms with van der Waals surface area (Å²) in [6.45, 7) is 7.26. The van der Waals surface area contributed by atoms with Gasteiger partial charge in [-0.2, -0.15) is 0 Å². The number of nitrogens with zero attached hydrogens (tertiary/aromatic N) is 2. The smallest absolute Gasteiger partial charge is 0.239 e. The summed E-state index contributed by atoms with van der Waals surface area (Å²) in [4.78, 5) is 17.9. The van der Waals surface area contributed by atoms with E-state index >= 15 is 0 Å². The highest BCUT2D eigenvalue weighted by Crippen LogP contribution is 2.40. The summed E-state index contributed by atoms with van der Waals surface area (Å²) < 4.78 is 0. The largest absolute Gasteiger partial charge is 0.341 e. The van der Waals surface area contributed by atoms with Crippen LogP contribution in [0.2, 0.25) is 0 Å². The Kier molecular flexibility index (Phi) is 6.07. The number of carbonyl (C=O) groups excluding carboxylic acids is 1. The molecular weight excluding hydrogens is 346 g/mol. The predicted octanol–water partition coefficient (Wildman–Crippen LogP) is 3.30. The van der Waals surface area contributed by atoms with Crippen molar-refractivity contribution >= 4 is 5.91 Å². The van der Waals surface area contributed by atoms with Crippen LogP contribution >= 0.6 is 0 Å². The van der Waals surface area contributed by atoms with E-state index in [4.69, 9.17) is 5.73 Å². The molecule has 3 heterocycles. The summed E-state index contributed by atoms with van der Waals surface area (Å²) >= 11 is 0. The molecule has 4 rings (SSSR count). The average molecular weight is 384 g/mol. The average Bonchev–Trinajstić information content (AvgIpc) is 2.68. The van der Waals surface area contributed by atoms with Gasteiger partial charge in [0.2, 0.25) is 5.91 Å². The van der Waals surface area contributed by atoms with Gasteiger partial charge in [0.15, 0.2) is 0 Å². The maximum absolute atomic E-state index is 12.9. The second-order valence-electron chi connectivity index (χ2n) is 9.88. The molecule has 5 atom stereocenters. The summed E-state index contributed by atoms with van der Waals surface area (Å²) in [5, 5.41) is 0. The Hall–Kier alpha value is -1.39. The zero-order valence-corrected chi connectivity index (χ0v) is 17.6. The summed E-state index contributed by atoms with van der Waals surface area (Å²) in [5.74, 6) is 1.90. The number of amides is 1. The van der Waals surface area contributed by atoms with Crippen LogP contribution in [0.3, 0.4) is 0 Å². The molecule has 0 aromatic heterocycles. The van der Waals surface area contributed by atoms with Crippen molar-refractivity contribution in [3.63, 3.8) is 0 Å². The highest BCUT2D eigenvalue weighted by Gasteiger charge is 2.45. The third-order valence-electron chi connectivity index (χ3n) is 7.18. The number of hydrogen-bond donors (Lipinski definition) is 1. The van der Waals surface area contributed by atoms with Gasteiger partial charge in [0.05, 0.1) is 6.04 Å². The molecule has 0 saturated carbocycles. The second-order valence-corrected chi connectivity index (χ2v) is 9.88. The van der Waals surface area contributed by atoms with E-state index in [0.717, 1.165) is 26.1 Å². The molecule has 0 radical (unpaired) electrons. The molecule has 2 bridgehead atoms. The Labute approximate surface area is 170 Å².